The predicted molar refractivity (Wildman–Crippen MR) is 111 cm³/mol. The molecule has 7 heteroatoms. The first kappa shape index (κ1) is 18.8. The number of anilines is 1. The van der Waals surface area contributed by atoms with E-state index in [1.54, 1.807) is 0 Å². The van der Waals surface area contributed by atoms with Crippen molar-refractivity contribution in [2.24, 2.45) is 4.99 Å². The van der Waals surface area contributed by atoms with Crippen LogP contribution in [0.1, 0.15) is 12.8 Å². The summed E-state index contributed by atoms with van der Waals surface area (Å²) in [4.78, 5) is 23.4. The summed E-state index contributed by atoms with van der Waals surface area (Å²) in [5.74, 6) is 1.76. The number of hydrogen-bond acceptors (Lipinski definition) is 4. The van der Waals surface area contributed by atoms with Crippen molar-refractivity contribution < 1.29 is 9.53 Å². The summed E-state index contributed by atoms with van der Waals surface area (Å²) in [5, 5.41) is 3.47. The van der Waals surface area contributed by atoms with Gasteiger partial charge in [0.05, 0.1) is 5.69 Å². The van der Waals surface area contributed by atoms with Crippen LogP contribution in [0.5, 0.6) is 5.75 Å². The van der Waals surface area contributed by atoms with Crippen molar-refractivity contribution in [3.05, 3.63) is 36.4 Å². The van der Waals surface area contributed by atoms with Crippen molar-refractivity contribution in [3.8, 4) is 5.75 Å². The van der Waals surface area contributed by atoms with E-state index in [-0.39, 0.29) is 12.5 Å². The fourth-order valence-electron chi connectivity index (χ4n) is 4.19. The summed E-state index contributed by atoms with van der Waals surface area (Å²) < 4.78 is 5.51. The number of carbonyl (C=O) groups is 1. The largest absolute Gasteiger partial charge is 0.482 e. The number of para-hydroxylation sites is 2. The SMILES string of the molecule is CN=C(NCCCN1C(=O)COc2ccccc21)N1CCC(N2CC=CC2)C1. The lowest BCUT2D eigenvalue weighted by Crippen LogP contribution is -2.44. The predicted octanol–water partition coefficient (Wildman–Crippen LogP) is 1.32. The maximum absolute atomic E-state index is 12.3. The van der Waals surface area contributed by atoms with Gasteiger partial charge in [0.1, 0.15) is 5.75 Å². The van der Waals surface area contributed by atoms with Gasteiger partial charge in [0.15, 0.2) is 12.6 Å². The number of amides is 1. The highest BCUT2D eigenvalue weighted by Crippen LogP contribution is 2.31. The highest BCUT2D eigenvalue weighted by atomic mass is 16.5. The zero-order valence-corrected chi connectivity index (χ0v) is 16.5. The molecule has 1 N–H and O–H groups in total. The Hall–Kier alpha value is -2.54. The first-order valence-electron chi connectivity index (χ1n) is 10.1. The molecule has 0 aromatic heterocycles. The number of aliphatic imine (C=N–C) groups is 1. The molecule has 0 spiro atoms. The van der Waals surface area contributed by atoms with Gasteiger partial charge in [-0.25, -0.2) is 0 Å². The average molecular weight is 383 g/mol. The Balaban J connectivity index is 1.25. The molecule has 28 heavy (non-hydrogen) atoms. The van der Waals surface area contributed by atoms with Gasteiger partial charge in [-0.15, -0.1) is 0 Å². The minimum absolute atomic E-state index is 0.0182. The molecule has 0 bridgehead atoms. The van der Waals surface area contributed by atoms with Crippen LogP contribution in [0.2, 0.25) is 0 Å². The van der Waals surface area contributed by atoms with Gasteiger partial charge in [-0.1, -0.05) is 24.3 Å². The third kappa shape index (κ3) is 3.99. The molecule has 0 aliphatic carbocycles. The van der Waals surface area contributed by atoms with Crippen molar-refractivity contribution in [3.63, 3.8) is 0 Å². The second-order valence-corrected chi connectivity index (χ2v) is 7.44. The number of hydrogen-bond donors (Lipinski definition) is 1. The van der Waals surface area contributed by atoms with Crippen molar-refractivity contribution in [1.82, 2.24) is 15.1 Å². The normalized spacial score (nSPS) is 22.5. The molecular weight excluding hydrogens is 354 g/mol. The minimum Gasteiger partial charge on any atom is -0.482 e. The molecule has 0 saturated carbocycles. The molecule has 1 aromatic rings. The lowest BCUT2D eigenvalue weighted by Gasteiger charge is -2.29. The van der Waals surface area contributed by atoms with E-state index in [2.05, 4.69) is 32.3 Å². The summed E-state index contributed by atoms with van der Waals surface area (Å²) in [7, 11) is 1.84. The third-order valence-electron chi connectivity index (χ3n) is 5.69. The van der Waals surface area contributed by atoms with Crippen LogP contribution in [0.25, 0.3) is 0 Å². The molecule has 3 aliphatic heterocycles. The van der Waals surface area contributed by atoms with Crippen LogP contribution in [-0.4, -0.2) is 80.6 Å². The van der Waals surface area contributed by atoms with E-state index in [9.17, 15) is 4.79 Å². The first-order chi connectivity index (χ1) is 13.8. The lowest BCUT2D eigenvalue weighted by atomic mass is 10.2. The molecule has 1 atom stereocenters. The van der Waals surface area contributed by atoms with Crippen molar-refractivity contribution >= 4 is 17.6 Å². The summed E-state index contributed by atoms with van der Waals surface area (Å²) in [6.45, 7) is 5.77. The summed E-state index contributed by atoms with van der Waals surface area (Å²) >= 11 is 0. The van der Waals surface area contributed by atoms with Crippen LogP contribution in [0.15, 0.2) is 41.4 Å². The second-order valence-electron chi connectivity index (χ2n) is 7.44. The monoisotopic (exact) mass is 383 g/mol. The zero-order valence-electron chi connectivity index (χ0n) is 16.5. The van der Waals surface area contributed by atoms with E-state index < -0.39 is 0 Å². The smallest absolute Gasteiger partial charge is 0.265 e. The van der Waals surface area contributed by atoms with Crippen LogP contribution in [0.4, 0.5) is 5.69 Å². The zero-order chi connectivity index (χ0) is 19.3. The van der Waals surface area contributed by atoms with Gasteiger partial charge in [-0.2, -0.15) is 0 Å². The number of nitrogens with one attached hydrogen (secondary N) is 1. The van der Waals surface area contributed by atoms with E-state index >= 15 is 0 Å². The average Bonchev–Trinajstić information content (AvgIpc) is 3.41. The maximum Gasteiger partial charge on any atom is 0.265 e. The minimum atomic E-state index is 0.0182. The standard InChI is InChI=1S/C21H29N5O2/c1-22-21(25-14-9-17(15-25)24-11-4-5-12-24)23-10-6-13-26-18-7-2-3-8-19(18)28-16-20(26)27/h2-5,7-8,17H,6,9-16H2,1H3,(H,22,23). The Morgan fingerprint density at radius 3 is 2.93 bits per heavy atom. The molecule has 150 valence electrons. The van der Waals surface area contributed by atoms with Crippen molar-refractivity contribution in [1.29, 1.82) is 0 Å². The molecule has 4 rings (SSSR count). The maximum atomic E-state index is 12.3. The number of ether oxygens (including phenoxy) is 1. The van der Waals surface area contributed by atoms with Crippen LogP contribution in [-0.2, 0) is 4.79 Å². The second kappa shape index (κ2) is 8.65. The van der Waals surface area contributed by atoms with Crippen LogP contribution < -0.4 is 15.0 Å². The van der Waals surface area contributed by atoms with Crippen LogP contribution in [0, 0.1) is 0 Å². The Bertz CT molecular complexity index is 755. The van der Waals surface area contributed by atoms with Gasteiger partial charge >= 0.3 is 0 Å². The first-order valence-corrected chi connectivity index (χ1v) is 10.1. The molecule has 0 radical (unpaired) electrons. The number of rotatable bonds is 5. The van der Waals surface area contributed by atoms with E-state index in [0.29, 0.717) is 12.6 Å². The summed E-state index contributed by atoms with van der Waals surface area (Å²) in [5.41, 5.74) is 0.865. The third-order valence-corrected chi connectivity index (χ3v) is 5.69. The molecule has 1 amide bonds. The molecule has 1 unspecified atom stereocenters. The quantitative estimate of drug-likeness (QED) is 0.360. The van der Waals surface area contributed by atoms with Gasteiger partial charge in [0.25, 0.3) is 5.91 Å². The molecular formula is C21H29N5O2. The number of benzene rings is 1. The summed E-state index contributed by atoms with van der Waals surface area (Å²) in [6, 6.07) is 8.33. The Morgan fingerprint density at radius 1 is 1.29 bits per heavy atom. The fraction of sp³-hybridized carbons (Fsp3) is 0.524. The van der Waals surface area contributed by atoms with E-state index in [0.717, 1.165) is 56.5 Å². The summed E-state index contributed by atoms with van der Waals surface area (Å²) in [6.07, 6.45) is 6.54. The molecule has 1 saturated heterocycles. The van der Waals surface area contributed by atoms with E-state index in [1.165, 1.54) is 6.42 Å². The molecule has 1 aromatic carbocycles. The van der Waals surface area contributed by atoms with Crippen molar-refractivity contribution in [2.75, 3.05) is 57.8 Å². The van der Waals surface area contributed by atoms with Gasteiger partial charge in [-0.3, -0.25) is 14.7 Å². The van der Waals surface area contributed by atoms with Gasteiger partial charge < -0.3 is 19.9 Å². The number of guanidine groups is 1. The van der Waals surface area contributed by atoms with E-state index in [1.807, 2.05) is 36.2 Å². The molecule has 3 heterocycles. The topological polar surface area (TPSA) is 60.4 Å². The van der Waals surface area contributed by atoms with Crippen molar-refractivity contribution in [2.45, 2.75) is 18.9 Å². The lowest BCUT2D eigenvalue weighted by molar-refractivity contribution is -0.121. The van der Waals surface area contributed by atoms with Gasteiger partial charge in [-0.05, 0) is 25.0 Å². The van der Waals surface area contributed by atoms with Crippen LogP contribution in [0.3, 0.4) is 0 Å². The molecule has 1 fully saturated rings. The Kier molecular flexibility index (Phi) is 5.81. The number of likely N-dealkylation sites (tertiary alicyclic amines) is 1. The number of nitrogens with zero attached hydrogens (tertiary/aromatic N) is 4. The molecule has 7 nitrogen and oxygen atoms in total. The Morgan fingerprint density at radius 2 is 2.11 bits per heavy atom. The van der Waals surface area contributed by atoms with Gasteiger partial charge in [0.2, 0.25) is 0 Å². The van der Waals surface area contributed by atoms with Gasteiger partial charge in [0, 0.05) is 52.4 Å². The molecule has 3 aliphatic rings. The van der Waals surface area contributed by atoms with E-state index in [4.69, 9.17) is 4.74 Å². The fourth-order valence-corrected chi connectivity index (χ4v) is 4.19. The van der Waals surface area contributed by atoms with Crippen LogP contribution >= 0.6 is 0 Å². The highest BCUT2D eigenvalue weighted by molar-refractivity contribution is 5.97. The highest BCUT2D eigenvalue weighted by Gasteiger charge is 2.29. The number of fused-ring (bicyclic) bond motifs is 1. The number of carbonyl (C=O) groups excluding carboxylic acids is 1. The Labute approximate surface area is 166 Å².